The first-order chi connectivity index (χ1) is 6.12. The van der Waals surface area contributed by atoms with E-state index in [1.807, 2.05) is 0 Å². The van der Waals surface area contributed by atoms with Gasteiger partial charge in [0.1, 0.15) is 0 Å². The minimum absolute atomic E-state index is 0.307. The lowest BCUT2D eigenvalue weighted by molar-refractivity contribution is 0.191. The molecule has 0 spiro atoms. The third-order valence-electron chi connectivity index (χ3n) is 2.25. The average Bonchev–Trinajstić information content (AvgIpc) is 2.04. The van der Waals surface area contributed by atoms with E-state index in [2.05, 4.69) is 26.1 Å². The van der Waals surface area contributed by atoms with E-state index in [9.17, 15) is 0 Å². The Morgan fingerprint density at radius 2 is 1.92 bits per heavy atom. The molecule has 0 radical (unpaired) electrons. The number of unbranched alkanes of at least 4 members (excludes halogenated alkanes) is 1. The molecule has 0 atom stereocenters. The van der Waals surface area contributed by atoms with Crippen molar-refractivity contribution in [3.8, 4) is 0 Å². The molecule has 0 aromatic carbocycles. The molecule has 2 nitrogen and oxygen atoms in total. The Morgan fingerprint density at radius 3 is 2.46 bits per heavy atom. The lowest BCUT2D eigenvalue weighted by Crippen LogP contribution is -2.39. The SMILES string of the molecule is CCCC(C)(C)NCCCCOC. The standard InChI is InChI=1S/C11H25NO/c1-5-8-11(2,3)12-9-6-7-10-13-4/h12H,5-10H2,1-4H3. The molecular formula is C11H25NO. The molecule has 2 heteroatoms. The summed E-state index contributed by atoms with van der Waals surface area (Å²) in [5, 5.41) is 3.56. The van der Waals surface area contributed by atoms with Gasteiger partial charge in [0.05, 0.1) is 0 Å². The highest BCUT2D eigenvalue weighted by Gasteiger charge is 2.13. The maximum atomic E-state index is 4.99. The second-order valence-corrected chi connectivity index (χ2v) is 4.26. The fraction of sp³-hybridized carbons (Fsp3) is 1.00. The molecule has 0 aliphatic heterocycles. The van der Waals surface area contributed by atoms with Crippen molar-refractivity contribution in [3.05, 3.63) is 0 Å². The molecule has 0 saturated carbocycles. The maximum absolute atomic E-state index is 4.99. The van der Waals surface area contributed by atoms with Crippen LogP contribution in [0.3, 0.4) is 0 Å². The van der Waals surface area contributed by atoms with Gasteiger partial charge in [-0.2, -0.15) is 0 Å². The van der Waals surface area contributed by atoms with E-state index in [1.54, 1.807) is 7.11 Å². The molecule has 13 heavy (non-hydrogen) atoms. The summed E-state index contributed by atoms with van der Waals surface area (Å²) < 4.78 is 4.99. The van der Waals surface area contributed by atoms with E-state index in [1.165, 1.54) is 19.3 Å². The lowest BCUT2D eigenvalue weighted by Gasteiger charge is -2.25. The zero-order valence-electron chi connectivity index (χ0n) is 9.65. The van der Waals surface area contributed by atoms with Gasteiger partial charge < -0.3 is 10.1 Å². The third kappa shape index (κ3) is 8.26. The molecular weight excluding hydrogens is 162 g/mol. The summed E-state index contributed by atoms with van der Waals surface area (Å²) in [6.45, 7) is 8.76. The van der Waals surface area contributed by atoms with Crippen molar-refractivity contribution in [2.24, 2.45) is 0 Å². The lowest BCUT2D eigenvalue weighted by atomic mass is 9.99. The zero-order valence-corrected chi connectivity index (χ0v) is 9.65. The van der Waals surface area contributed by atoms with Gasteiger partial charge in [-0.3, -0.25) is 0 Å². The summed E-state index contributed by atoms with van der Waals surface area (Å²) >= 11 is 0. The summed E-state index contributed by atoms with van der Waals surface area (Å²) in [7, 11) is 1.76. The summed E-state index contributed by atoms with van der Waals surface area (Å²) in [6.07, 6.45) is 4.86. The molecule has 80 valence electrons. The maximum Gasteiger partial charge on any atom is 0.0462 e. The molecule has 0 aromatic heterocycles. The van der Waals surface area contributed by atoms with E-state index in [0.29, 0.717) is 5.54 Å². The predicted molar refractivity (Wildman–Crippen MR) is 58.1 cm³/mol. The van der Waals surface area contributed by atoms with E-state index in [0.717, 1.165) is 19.6 Å². The van der Waals surface area contributed by atoms with Crippen molar-refractivity contribution in [2.45, 2.75) is 52.0 Å². The van der Waals surface area contributed by atoms with Crippen LogP contribution in [0.15, 0.2) is 0 Å². The summed E-state index contributed by atoms with van der Waals surface area (Å²) in [6, 6.07) is 0. The van der Waals surface area contributed by atoms with Crippen LogP contribution < -0.4 is 5.32 Å². The van der Waals surface area contributed by atoms with Crippen LogP contribution in [0, 0.1) is 0 Å². The number of ether oxygens (including phenoxy) is 1. The van der Waals surface area contributed by atoms with Crippen molar-refractivity contribution in [3.63, 3.8) is 0 Å². The quantitative estimate of drug-likeness (QED) is 0.590. The van der Waals surface area contributed by atoms with Crippen molar-refractivity contribution in [1.82, 2.24) is 5.32 Å². The van der Waals surface area contributed by atoms with Crippen LogP contribution in [-0.2, 0) is 4.74 Å². The van der Waals surface area contributed by atoms with Crippen LogP contribution in [0.4, 0.5) is 0 Å². The van der Waals surface area contributed by atoms with Gasteiger partial charge in [0, 0.05) is 19.3 Å². The molecule has 0 amide bonds. The second-order valence-electron chi connectivity index (χ2n) is 4.26. The predicted octanol–water partition coefficient (Wildman–Crippen LogP) is 2.58. The van der Waals surface area contributed by atoms with E-state index < -0.39 is 0 Å². The first-order valence-electron chi connectivity index (χ1n) is 5.36. The highest BCUT2D eigenvalue weighted by Crippen LogP contribution is 2.10. The highest BCUT2D eigenvalue weighted by atomic mass is 16.5. The van der Waals surface area contributed by atoms with Crippen molar-refractivity contribution in [1.29, 1.82) is 0 Å². The van der Waals surface area contributed by atoms with Crippen LogP contribution in [0.5, 0.6) is 0 Å². The summed E-state index contributed by atoms with van der Waals surface area (Å²) in [5.41, 5.74) is 0.307. The van der Waals surface area contributed by atoms with Crippen molar-refractivity contribution >= 4 is 0 Å². The Balaban J connectivity index is 3.29. The van der Waals surface area contributed by atoms with Crippen LogP contribution in [0.2, 0.25) is 0 Å². The normalized spacial score (nSPS) is 12.0. The van der Waals surface area contributed by atoms with Crippen molar-refractivity contribution in [2.75, 3.05) is 20.3 Å². The van der Waals surface area contributed by atoms with Crippen LogP contribution >= 0.6 is 0 Å². The monoisotopic (exact) mass is 187 g/mol. The van der Waals surface area contributed by atoms with Crippen molar-refractivity contribution < 1.29 is 4.74 Å². The van der Waals surface area contributed by atoms with E-state index in [4.69, 9.17) is 4.74 Å². The minimum atomic E-state index is 0.307. The van der Waals surface area contributed by atoms with Gasteiger partial charge in [0.15, 0.2) is 0 Å². The zero-order chi connectivity index (χ0) is 10.2. The Hall–Kier alpha value is -0.0800. The van der Waals surface area contributed by atoms with Gasteiger partial charge in [-0.25, -0.2) is 0 Å². The van der Waals surface area contributed by atoms with Gasteiger partial charge in [0.2, 0.25) is 0 Å². The van der Waals surface area contributed by atoms with Gasteiger partial charge in [-0.1, -0.05) is 13.3 Å². The van der Waals surface area contributed by atoms with Gasteiger partial charge in [0.25, 0.3) is 0 Å². The number of rotatable bonds is 8. The van der Waals surface area contributed by atoms with Crippen LogP contribution in [0.25, 0.3) is 0 Å². The molecule has 0 heterocycles. The molecule has 0 fully saturated rings. The largest absolute Gasteiger partial charge is 0.385 e. The molecule has 0 aliphatic rings. The molecule has 0 bridgehead atoms. The first-order valence-corrected chi connectivity index (χ1v) is 5.36. The smallest absolute Gasteiger partial charge is 0.0462 e. The molecule has 0 unspecified atom stereocenters. The molecule has 0 aromatic rings. The first kappa shape index (κ1) is 12.9. The topological polar surface area (TPSA) is 21.3 Å². The fourth-order valence-corrected chi connectivity index (χ4v) is 1.51. The molecule has 0 aliphatic carbocycles. The van der Waals surface area contributed by atoms with E-state index >= 15 is 0 Å². The Morgan fingerprint density at radius 1 is 1.23 bits per heavy atom. The van der Waals surface area contributed by atoms with Crippen LogP contribution in [0.1, 0.15) is 46.5 Å². The number of nitrogens with one attached hydrogen (secondary N) is 1. The number of hydrogen-bond donors (Lipinski definition) is 1. The van der Waals surface area contributed by atoms with Gasteiger partial charge >= 0.3 is 0 Å². The van der Waals surface area contributed by atoms with E-state index in [-0.39, 0.29) is 0 Å². The highest BCUT2D eigenvalue weighted by molar-refractivity contribution is 4.76. The average molecular weight is 187 g/mol. The third-order valence-corrected chi connectivity index (χ3v) is 2.25. The molecule has 0 rings (SSSR count). The molecule has 0 saturated heterocycles. The number of methoxy groups -OCH3 is 1. The Kier molecular flexibility index (Phi) is 7.29. The summed E-state index contributed by atoms with van der Waals surface area (Å²) in [5.74, 6) is 0. The summed E-state index contributed by atoms with van der Waals surface area (Å²) in [4.78, 5) is 0. The fourth-order valence-electron chi connectivity index (χ4n) is 1.51. The number of hydrogen-bond acceptors (Lipinski definition) is 2. The second kappa shape index (κ2) is 7.34. The van der Waals surface area contributed by atoms with Crippen LogP contribution in [-0.4, -0.2) is 25.8 Å². The Bertz CT molecular complexity index is 113. The minimum Gasteiger partial charge on any atom is -0.385 e. The molecule has 1 N–H and O–H groups in total. The van der Waals surface area contributed by atoms with Gasteiger partial charge in [-0.15, -0.1) is 0 Å². The van der Waals surface area contributed by atoms with Gasteiger partial charge in [-0.05, 0) is 39.7 Å². The Labute approximate surface area is 83.1 Å².